The smallest absolute Gasteiger partial charge is 0.217 e. The van der Waals surface area contributed by atoms with Gasteiger partial charge < -0.3 is 4.55 Å². The maximum Gasteiger partial charge on any atom is 0.217 e. The van der Waals surface area contributed by atoms with Gasteiger partial charge in [-0.15, -0.1) is 0 Å². The van der Waals surface area contributed by atoms with Gasteiger partial charge in [0.1, 0.15) is 0 Å². The third-order valence-corrected chi connectivity index (χ3v) is 2.31. The van der Waals surface area contributed by atoms with E-state index in [9.17, 15) is 13.0 Å². The first-order valence-corrected chi connectivity index (χ1v) is 5.05. The molecule has 0 spiro atoms. The first-order valence-electron chi connectivity index (χ1n) is 3.72. The van der Waals surface area contributed by atoms with Crippen molar-refractivity contribution < 1.29 is 17.2 Å². The standard InChI is InChI=1S/C6H12O4S/c7-11(8,9)10-6-4-2-1-3-5-6/h6H,1-5H2,(H,7,8,9)/p-1. The lowest BCUT2D eigenvalue weighted by Crippen LogP contribution is -2.20. The Morgan fingerprint density at radius 3 is 2.18 bits per heavy atom. The molecule has 0 unspecified atom stereocenters. The van der Waals surface area contributed by atoms with Crippen molar-refractivity contribution in [3.05, 3.63) is 0 Å². The van der Waals surface area contributed by atoms with E-state index in [2.05, 4.69) is 4.18 Å². The molecule has 66 valence electrons. The molecule has 1 fully saturated rings. The first kappa shape index (κ1) is 8.96. The molecule has 0 saturated heterocycles. The molecule has 0 aromatic carbocycles. The summed E-state index contributed by atoms with van der Waals surface area (Å²) in [6, 6.07) is 0. The van der Waals surface area contributed by atoms with E-state index in [0.29, 0.717) is 12.8 Å². The minimum atomic E-state index is -4.47. The van der Waals surface area contributed by atoms with Gasteiger partial charge in [0.25, 0.3) is 0 Å². The van der Waals surface area contributed by atoms with Gasteiger partial charge in [-0.1, -0.05) is 19.3 Å². The summed E-state index contributed by atoms with van der Waals surface area (Å²) in [6.45, 7) is 0. The fourth-order valence-corrected chi connectivity index (χ4v) is 1.85. The molecule has 0 aliphatic heterocycles. The van der Waals surface area contributed by atoms with Gasteiger partial charge in [0.05, 0.1) is 6.10 Å². The lowest BCUT2D eigenvalue weighted by molar-refractivity contribution is 0.139. The predicted octanol–water partition coefficient (Wildman–Crippen LogP) is 0.796. The lowest BCUT2D eigenvalue weighted by Gasteiger charge is -2.22. The molecule has 0 aromatic heterocycles. The minimum absolute atomic E-state index is 0.355. The quantitative estimate of drug-likeness (QED) is 0.464. The van der Waals surface area contributed by atoms with Crippen molar-refractivity contribution in [3.63, 3.8) is 0 Å². The fourth-order valence-electron chi connectivity index (χ4n) is 1.33. The highest BCUT2D eigenvalue weighted by Crippen LogP contribution is 2.21. The molecule has 5 heteroatoms. The average molecular weight is 179 g/mol. The van der Waals surface area contributed by atoms with Crippen LogP contribution in [0.3, 0.4) is 0 Å². The maximum atomic E-state index is 10.1. The zero-order valence-corrected chi connectivity index (χ0v) is 6.97. The third kappa shape index (κ3) is 3.69. The van der Waals surface area contributed by atoms with E-state index in [-0.39, 0.29) is 6.10 Å². The Morgan fingerprint density at radius 1 is 1.18 bits per heavy atom. The molecule has 1 rings (SSSR count). The molecule has 0 bridgehead atoms. The van der Waals surface area contributed by atoms with Crippen molar-refractivity contribution in [2.75, 3.05) is 0 Å². The van der Waals surface area contributed by atoms with Gasteiger partial charge in [-0.25, -0.2) is 8.42 Å². The van der Waals surface area contributed by atoms with E-state index in [1.54, 1.807) is 0 Å². The molecule has 4 nitrogen and oxygen atoms in total. The molecule has 0 aromatic rings. The Labute approximate surface area is 66.5 Å². The van der Waals surface area contributed by atoms with Crippen LogP contribution < -0.4 is 0 Å². The highest BCUT2D eigenvalue weighted by Gasteiger charge is 2.15. The predicted molar refractivity (Wildman–Crippen MR) is 37.7 cm³/mol. The molecule has 1 aliphatic rings. The lowest BCUT2D eigenvalue weighted by atomic mass is 9.98. The van der Waals surface area contributed by atoms with Gasteiger partial charge in [0.2, 0.25) is 10.4 Å². The Kier molecular flexibility index (Phi) is 2.86. The Bertz CT molecular complexity index is 203. The van der Waals surface area contributed by atoms with Crippen molar-refractivity contribution in [2.24, 2.45) is 0 Å². The molecular formula is C6H11O4S-. The minimum Gasteiger partial charge on any atom is -0.726 e. The molecule has 1 saturated carbocycles. The zero-order valence-electron chi connectivity index (χ0n) is 6.15. The summed E-state index contributed by atoms with van der Waals surface area (Å²) in [5.41, 5.74) is 0. The van der Waals surface area contributed by atoms with Crippen molar-refractivity contribution >= 4 is 10.4 Å². The second kappa shape index (κ2) is 3.51. The van der Waals surface area contributed by atoms with Gasteiger partial charge >= 0.3 is 0 Å². The number of rotatable bonds is 2. The van der Waals surface area contributed by atoms with Crippen LogP contribution in [0.5, 0.6) is 0 Å². The molecule has 1 aliphatic carbocycles. The van der Waals surface area contributed by atoms with Gasteiger partial charge in [-0.2, -0.15) is 0 Å². The highest BCUT2D eigenvalue weighted by molar-refractivity contribution is 7.80. The zero-order chi connectivity index (χ0) is 8.32. The van der Waals surface area contributed by atoms with E-state index < -0.39 is 10.4 Å². The summed E-state index contributed by atoms with van der Waals surface area (Å²) in [4.78, 5) is 0. The van der Waals surface area contributed by atoms with E-state index in [4.69, 9.17) is 0 Å². The summed E-state index contributed by atoms with van der Waals surface area (Å²) in [5, 5.41) is 0. The second-order valence-electron chi connectivity index (χ2n) is 2.76. The Morgan fingerprint density at radius 2 is 1.73 bits per heavy atom. The molecular weight excluding hydrogens is 168 g/mol. The second-order valence-corrected chi connectivity index (χ2v) is 3.77. The van der Waals surface area contributed by atoms with Gasteiger partial charge in [0.15, 0.2) is 0 Å². The third-order valence-electron chi connectivity index (χ3n) is 1.81. The molecule has 0 radical (unpaired) electrons. The van der Waals surface area contributed by atoms with Gasteiger partial charge in [0, 0.05) is 0 Å². The van der Waals surface area contributed by atoms with Crippen molar-refractivity contribution in [1.82, 2.24) is 0 Å². The summed E-state index contributed by atoms with van der Waals surface area (Å²) >= 11 is 0. The summed E-state index contributed by atoms with van der Waals surface area (Å²) in [6.07, 6.45) is 4.06. The Balaban J connectivity index is 2.36. The number of hydrogen-bond acceptors (Lipinski definition) is 4. The van der Waals surface area contributed by atoms with Crippen LogP contribution in [0.1, 0.15) is 32.1 Å². The fraction of sp³-hybridized carbons (Fsp3) is 1.00. The van der Waals surface area contributed by atoms with Crippen LogP contribution in [0.4, 0.5) is 0 Å². The van der Waals surface area contributed by atoms with E-state index in [1.807, 2.05) is 0 Å². The van der Waals surface area contributed by atoms with Crippen LogP contribution in [-0.2, 0) is 14.6 Å². The molecule has 0 atom stereocenters. The largest absolute Gasteiger partial charge is 0.726 e. The molecule has 0 N–H and O–H groups in total. The van der Waals surface area contributed by atoms with Crippen LogP contribution in [0.25, 0.3) is 0 Å². The monoisotopic (exact) mass is 179 g/mol. The summed E-state index contributed by atoms with van der Waals surface area (Å²) in [7, 11) is -4.47. The maximum absolute atomic E-state index is 10.1. The number of hydrogen-bond donors (Lipinski definition) is 0. The molecule has 0 amide bonds. The average Bonchev–Trinajstić information content (AvgIpc) is 1.85. The highest BCUT2D eigenvalue weighted by atomic mass is 32.3. The SMILES string of the molecule is O=S(=O)([O-])OC1CCCCC1. The van der Waals surface area contributed by atoms with Crippen molar-refractivity contribution in [3.8, 4) is 0 Å². The van der Waals surface area contributed by atoms with Crippen LogP contribution in [0, 0.1) is 0 Å². The topological polar surface area (TPSA) is 66.4 Å². The molecule has 0 heterocycles. The van der Waals surface area contributed by atoms with Crippen LogP contribution in [0.2, 0.25) is 0 Å². The molecule has 11 heavy (non-hydrogen) atoms. The van der Waals surface area contributed by atoms with Crippen LogP contribution >= 0.6 is 0 Å². The van der Waals surface area contributed by atoms with Crippen LogP contribution in [-0.4, -0.2) is 19.1 Å². The van der Waals surface area contributed by atoms with E-state index in [1.165, 1.54) is 0 Å². The van der Waals surface area contributed by atoms with Crippen molar-refractivity contribution in [1.29, 1.82) is 0 Å². The summed E-state index contributed by atoms with van der Waals surface area (Å²) < 4.78 is 34.7. The van der Waals surface area contributed by atoms with Crippen molar-refractivity contribution in [2.45, 2.75) is 38.2 Å². The van der Waals surface area contributed by atoms with Crippen LogP contribution in [0.15, 0.2) is 0 Å². The van der Waals surface area contributed by atoms with E-state index >= 15 is 0 Å². The Hall–Kier alpha value is -0.130. The first-order chi connectivity index (χ1) is 5.08. The normalized spacial score (nSPS) is 21.9. The van der Waals surface area contributed by atoms with Gasteiger partial charge in [-0.05, 0) is 12.8 Å². The van der Waals surface area contributed by atoms with E-state index in [0.717, 1.165) is 19.3 Å². The van der Waals surface area contributed by atoms with Gasteiger partial charge in [-0.3, -0.25) is 4.18 Å². The summed E-state index contributed by atoms with van der Waals surface area (Å²) in [5.74, 6) is 0.